The first-order valence-corrected chi connectivity index (χ1v) is 6.86. The van der Waals surface area contributed by atoms with Crippen molar-refractivity contribution in [2.24, 2.45) is 0 Å². The number of anilines is 1. The van der Waals surface area contributed by atoms with Gasteiger partial charge in [-0.2, -0.15) is 0 Å². The summed E-state index contributed by atoms with van der Waals surface area (Å²) >= 11 is 0. The lowest BCUT2D eigenvalue weighted by Crippen LogP contribution is -2.12. The molecule has 0 spiro atoms. The van der Waals surface area contributed by atoms with Gasteiger partial charge in [-0.25, -0.2) is 9.37 Å². The number of nitrogens with one attached hydrogen (secondary N) is 2. The summed E-state index contributed by atoms with van der Waals surface area (Å²) < 4.78 is 12.9. The van der Waals surface area contributed by atoms with E-state index >= 15 is 0 Å². The van der Waals surface area contributed by atoms with E-state index in [-0.39, 0.29) is 11.4 Å². The fourth-order valence-electron chi connectivity index (χ4n) is 2.09. The Morgan fingerprint density at radius 1 is 1.05 bits per heavy atom. The molecular weight excluding hydrogens is 281 g/mol. The molecule has 3 aromatic rings. The Kier molecular flexibility index (Phi) is 3.96. The maximum absolute atomic E-state index is 12.9. The molecule has 0 aliphatic carbocycles. The van der Waals surface area contributed by atoms with Crippen molar-refractivity contribution in [1.29, 1.82) is 0 Å². The highest BCUT2D eigenvalue weighted by Crippen LogP contribution is 2.15. The Hall–Kier alpha value is -2.95. The second kappa shape index (κ2) is 6.22. The maximum atomic E-state index is 12.9. The van der Waals surface area contributed by atoms with Crippen LogP contribution in [0.15, 0.2) is 65.5 Å². The van der Waals surface area contributed by atoms with Gasteiger partial charge in [0.15, 0.2) is 0 Å². The number of nitrogens with zero attached hydrogens (tertiary/aromatic N) is 1. The van der Waals surface area contributed by atoms with Gasteiger partial charge >= 0.3 is 0 Å². The largest absolute Gasteiger partial charge is 0.352 e. The predicted molar refractivity (Wildman–Crippen MR) is 84.0 cm³/mol. The van der Waals surface area contributed by atoms with Gasteiger partial charge in [0.25, 0.3) is 5.56 Å². The molecule has 0 fully saturated rings. The number of benzene rings is 2. The third-order valence-electron chi connectivity index (χ3n) is 3.18. The van der Waals surface area contributed by atoms with Crippen LogP contribution in [0.4, 0.5) is 10.3 Å². The number of hydrogen-bond donors (Lipinski definition) is 2. The number of halogens is 1. The summed E-state index contributed by atoms with van der Waals surface area (Å²) in [7, 11) is 0. The molecule has 1 aromatic heterocycles. The van der Waals surface area contributed by atoms with E-state index in [2.05, 4.69) is 15.3 Å². The molecule has 0 atom stereocenters. The van der Waals surface area contributed by atoms with Gasteiger partial charge in [0.1, 0.15) is 5.82 Å². The Morgan fingerprint density at radius 2 is 1.77 bits per heavy atom. The van der Waals surface area contributed by atoms with Crippen molar-refractivity contribution in [3.8, 4) is 11.3 Å². The van der Waals surface area contributed by atoms with Crippen LogP contribution < -0.4 is 10.9 Å². The highest BCUT2D eigenvalue weighted by Gasteiger charge is 2.03. The van der Waals surface area contributed by atoms with Gasteiger partial charge in [-0.15, -0.1) is 0 Å². The number of aromatic amines is 1. The van der Waals surface area contributed by atoms with Gasteiger partial charge < -0.3 is 5.32 Å². The van der Waals surface area contributed by atoms with Crippen LogP contribution in [-0.4, -0.2) is 9.97 Å². The van der Waals surface area contributed by atoms with E-state index in [1.807, 2.05) is 30.3 Å². The first-order chi connectivity index (χ1) is 10.7. The van der Waals surface area contributed by atoms with E-state index in [0.717, 1.165) is 11.1 Å². The first-order valence-electron chi connectivity index (χ1n) is 6.86. The number of aromatic nitrogens is 2. The second-order valence-electron chi connectivity index (χ2n) is 4.83. The van der Waals surface area contributed by atoms with E-state index in [9.17, 15) is 9.18 Å². The smallest absolute Gasteiger partial charge is 0.252 e. The molecule has 110 valence electrons. The van der Waals surface area contributed by atoms with Crippen molar-refractivity contribution in [2.75, 3.05) is 5.32 Å². The summed E-state index contributed by atoms with van der Waals surface area (Å²) in [6, 6.07) is 17.1. The molecule has 5 heteroatoms. The number of rotatable bonds is 4. The SMILES string of the molecule is O=c1cc(-c2ccccc2)nc(NCc2ccc(F)cc2)[nH]1. The summed E-state index contributed by atoms with van der Waals surface area (Å²) in [5, 5.41) is 3.04. The second-order valence-corrected chi connectivity index (χ2v) is 4.83. The van der Waals surface area contributed by atoms with Crippen LogP contribution >= 0.6 is 0 Å². The van der Waals surface area contributed by atoms with Crippen molar-refractivity contribution in [1.82, 2.24) is 9.97 Å². The van der Waals surface area contributed by atoms with Gasteiger partial charge in [-0.3, -0.25) is 9.78 Å². The Morgan fingerprint density at radius 3 is 2.50 bits per heavy atom. The minimum Gasteiger partial charge on any atom is -0.352 e. The van der Waals surface area contributed by atoms with Crippen LogP contribution in [0.5, 0.6) is 0 Å². The van der Waals surface area contributed by atoms with E-state index in [4.69, 9.17) is 0 Å². The molecule has 2 N–H and O–H groups in total. The number of hydrogen-bond acceptors (Lipinski definition) is 3. The lowest BCUT2D eigenvalue weighted by molar-refractivity contribution is 0.627. The number of H-pyrrole nitrogens is 1. The van der Waals surface area contributed by atoms with Crippen LogP contribution in [-0.2, 0) is 6.54 Å². The first kappa shape index (κ1) is 14.0. The Labute approximate surface area is 126 Å². The van der Waals surface area contributed by atoms with Crippen molar-refractivity contribution in [2.45, 2.75) is 6.54 Å². The Bertz CT molecular complexity index is 813. The topological polar surface area (TPSA) is 57.8 Å². The zero-order valence-electron chi connectivity index (χ0n) is 11.7. The zero-order valence-corrected chi connectivity index (χ0v) is 11.7. The van der Waals surface area contributed by atoms with E-state index in [1.165, 1.54) is 18.2 Å². The molecule has 0 aliphatic heterocycles. The average Bonchev–Trinajstić information content (AvgIpc) is 2.55. The summed E-state index contributed by atoms with van der Waals surface area (Å²) in [6.45, 7) is 0.446. The molecule has 0 saturated heterocycles. The van der Waals surface area contributed by atoms with Crippen LogP contribution in [0.25, 0.3) is 11.3 Å². The van der Waals surface area contributed by atoms with Gasteiger partial charge in [0.2, 0.25) is 5.95 Å². The van der Waals surface area contributed by atoms with Gasteiger partial charge in [-0.05, 0) is 17.7 Å². The fraction of sp³-hybridized carbons (Fsp3) is 0.0588. The van der Waals surface area contributed by atoms with Crippen LogP contribution in [0.2, 0.25) is 0 Å². The molecule has 0 radical (unpaired) electrons. The molecule has 22 heavy (non-hydrogen) atoms. The molecule has 0 unspecified atom stereocenters. The highest BCUT2D eigenvalue weighted by atomic mass is 19.1. The van der Waals surface area contributed by atoms with Crippen molar-refractivity contribution >= 4 is 5.95 Å². The minimum atomic E-state index is -0.277. The molecule has 1 heterocycles. The monoisotopic (exact) mass is 295 g/mol. The summed E-state index contributed by atoms with van der Waals surface area (Å²) in [6.07, 6.45) is 0. The lowest BCUT2D eigenvalue weighted by Gasteiger charge is -2.07. The third kappa shape index (κ3) is 3.38. The van der Waals surface area contributed by atoms with E-state index in [1.54, 1.807) is 12.1 Å². The molecule has 0 aliphatic rings. The van der Waals surface area contributed by atoms with E-state index < -0.39 is 0 Å². The standard InChI is InChI=1S/C17H14FN3O/c18-14-8-6-12(7-9-14)11-19-17-20-15(10-16(22)21-17)13-4-2-1-3-5-13/h1-10H,11H2,(H2,19,20,21,22). The summed E-state index contributed by atoms with van der Waals surface area (Å²) in [4.78, 5) is 18.8. The molecule has 0 amide bonds. The molecule has 3 rings (SSSR count). The zero-order chi connectivity index (χ0) is 15.4. The van der Waals surface area contributed by atoms with Crippen LogP contribution in [0.3, 0.4) is 0 Å². The summed E-state index contributed by atoms with van der Waals surface area (Å²) in [5.41, 5.74) is 2.15. The quantitative estimate of drug-likeness (QED) is 0.777. The predicted octanol–water partition coefficient (Wildman–Crippen LogP) is 3.19. The van der Waals surface area contributed by atoms with Crippen LogP contribution in [0, 0.1) is 5.82 Å². The minimum absolute atomic E-state index is 0.226. The Balaban J connectivity index is 1.81. The van der Waals surface area contributed by atoms with Crippen molar-refractivity contribution in [3.63, 3.8) is 0 Å². The molecule has 0 saturated carbocycles. The van der Waals surface area contributed by atoms with Crippen molar-refractivity contribution in [3.05, 3.63) is 82.4 Å². The highest BCUT2D eigenvalue weighted by molar-refractivity contribution is 5.59. The fourth-order valence-corrected chi connectivity index (χ4v) is 2.09. The maximum Gasteiger partial charge on any atom is 0.252 e. The van der Waals surface area contributed by atoms with Gasteiger partial charge in [-0.1, -0.05) is 42.5 Å². The molecule has 2 aromatic carbocycles. The normalized spacial score (nSPS) is 10.4. The van der Waals surface area contributed by atoms with Gasteiger partial charge in [0.05, 0.1) is 5.69 Å². The molecular formula is C17H14FN3O. The average molecular weight is 295 g/mol. The summed E-state index contributed by atoms with van der Waals surface area (Å²) in [5.74, 6) is 0.108. The molecule has 0 bridgehead atoms. The van der Waals surface area contributed by atoms with E-state index in [0.29, 0.717) is 18.2 Å². The lowest BCUT2D eigenvalue weighted by atomic mass is 10.1. The molecule has 4 nitrogen and oxygen atoms in total. The van der Waals surface area contributed by atoms with Gasteiger partial charge in [0, 0.05) is 18.2 Å². The third-order valence-corrected chi connectivity index (χ3v) is 3.18. The van der Waals surface area contributed by atoms with Crippen molar-refractivity contribution < 1.29 is 4.39 Å². The van der Waals surface area contributed by atoms with Crippen LogP contribution in [0.1, 0.15) is 5.56 Å².